The van der Waals surface area contributed by atoms with Gasteiger partial charge in [-0.2, -0.15) is 0 Å². The number of alkyl halides is 2. The van der Waals surface area contributed by atoms with Crippen LogP contribution in [0.2, 0.25) is 0 Å². The van der Waals surface area contributed by atoms with E-state index in [4.69, 9.17) is 9.47 Å². The van der Waals surface area contributed by atoms with Crippen LogP contribution in [0.4, 0.5) is 19.3 Å². The maximum absolute atomic E-state index is 14.6. The van der Waals surface area contributed by atoms with E-state index in [1.54, 1.807) is 9.80 Å². The maximum atomic E-state index is 14.6. The second-order valence-corrected chi connectivity index (χ2v) is 13.7. The first kappa shape index (κ1) is 32.5. The van der Waals surface area contributed by atoms with E-state index in [0.717, 1.165) is 13.0 Å². The van der Waals surface area contributed by atoms with Crippen molar-refractivity contribution in [3.8, 4) is 0 Å². The summed E-state index contributed by atoms with van der Waals surface area (Å²) in [4.78, 5) is 39.5. The molecule has 2 amide bonds. The molecule has 0 unspecified atom stereocenters. The molecule has 1 aromatic rings. The Balaban J connectivity index is 1.59. The van der Waals surface area contributed by atoms with Gasteiger partial charge in [-0.25, -0.2) is 13.6 Å². The van der Waals surface area contributed by atoms with Crippen LogP contribution < -0.4 is 4.90 Å². The second-order valence-electron chi connectivity index (χ2n) is 13.7. The van der Waals surface area contributed by atoms with E-state index >= 15 is 0 Å². The zero-order valence-corrected chi connectivity index (χ0v) is 26.6. The number of rotatable bonds is 7. The van der Waals surface area contributed by atoms with Crippen LogP contribution in [-0.2, 0) is 25.6 Å². The highest BCUT2D eigenvalue weighted by Crippen LogP contribution is 2.42. The number of ether oxygens (including phenoxy) is 2. The molecule has 4 rings (SSSR count). The van der Waals surface area contributed by atoms with Crippen molar-refractivity contribution in [1.29, 1.82) is 0 Å². The number of morpholine rings is 1. The molecule has 3 atom stereocenters. The summed E-state index contributed by atoms with van der Waals surface area (Å²) in [6, 6.07) is 1.42. The molecule has 4 heterocycles. The molecule has 3 aliphatic heterocycles. The number of hydrogen-bond donors (Lipinski definition) is 0. The third-order valence-electron chi connectivity index (χ3n) is 8.71. The van der Waals surface area contributed by atoms with Crippen molar-refractivity contribution < 1.29 is 27.8 Å². The van der Waals surface area contributed by atoms with Gasteiger partial charge >= 0.3 is 6.09 Å². The van der Waals surface area contributed by atoms with Crippen molar-refractivity contribution >= 4 is 17.7 Å². The van der Waals surface area contributed by atoms with Crippen molar-refractivity contribution in [1.82, 2.24) is 19.7 Å². The zero-order valence-electron chi connectivity index (χ0n) is 26.6. The highest BCUT2D eigenvalue weighted by atomic mass is 19.3. The van der Waals surface area contributed by atoms with Gasteiger partial charge in [0.2, 0.25) is 5.91 Å². The van der Waals surface area contributed by atoms with E-state index < -0.39 is 16.9 Å². The number of halogens is 2. The van der Waals surface area contributed by atoms with Crippen molar-refractivity contribution in [3.05, 3.63) is 23.5 Å². The number of hydrogen-bond acceptors (Lipinski definition) is 7. The van der Waals surface area contributed by atoms with Crippen LogP contribution in [0, 0.1) is 0 Å². The summed E-state index contributed by atoms with van der Waals surface area (Å²) in [5, 5.41) is 0. The molecule has 0 saturated carbocycles. The fourth-order valence-corrected chi connectivity index (χ4v) is 6.25. The molecule has 236 valence electrons. The predicted octanol–water partition coefficient (Wildman–Crippen LogP) is 4.63. The second kappa shape index (κ2) is 12.3. The number of amides is 2. The van der Waals surface area contributed by atoms with Crippen LogP contribution in [-0.4, -0.2) is 108 Å². The third kappa shape index (κ3) is 7.05. The molecule has 2 fully saturated rings. The standard InChI is InChI=1S/C31H49F2N5O4/c1-9-23-19-41-12-11-35(23)16-24-17-37(28(40)42-29(4,5)6)21(3)15-36(24)18-26(39)38-20-30(7,8)27-25(38)13-22(14-34-27)31(32,33)10-2/h13-14,21,23-24H,9-12,15-20H2,1-8H3/t21-,23-,24+/m1/s1. The van der Waals surface area contributed by atoms with Gasteiger partial charge in [-0.1, -0.05) is 27.7 Å². The summed E-state index contributed by atoms with van der Waals surface area (Å²) < 4.78 is 40.7. The summed E-state index contributed by atoms with van der Waals surface area (Å²) in [7, 11) is 0. The van der Waals surface area contributed by atoms with Gasteiger partial charge in [0, 0.05) is 74.4 Å². The Morgan fingerprint density at radius 3 is 2.50 bits per heavy atom. The molecule has 0 radical (unpaired) electrons. The average molecular weight is 594 g/mol. The van der Waals surface area contributed by atoms with Crippen molar-refractivity contribution in [2.75, 3.05) is 57.4 Å². The lowest BCUT2D eigenvalue weighted by Gasteiger charge is -2.48. The van der Waals surface area contributed by atoms with Gasteiger partial charge in [0.1, 0.15) is 5.60 Å². The molecule has 3 aliphatic rings. The fourth-order valence-electron chi connectivity index (χ4n) is 6.25. The maximum Gasteiger partial charge on any atom is 0.410 e. The lowest BCUT2D eigenvalue weighted by Crippen LogP contribution is -2.64. The Hall–Kier alpha value is -2.37. The highest BCUT2D eigenvalue weighted by Gasteiger charge is 2.44. The Morgan fingerprint density at radius 2 is 1.86 bits per heavy atom. The molecular weight excluding hydrogens is 544 g/mol. The molecule has 2 saturated heterocycles. The van der Waals surface area contributed by atoms with E-state index in [9.17, 15) is 18.4 Å². The monoisotopic (exact) mass is 593 g/mol. The van der Waals surface area contributed by atoms with Gasteiger partial charge in [0.25, 0.3) is 5.92 Å². The molecule has 42 heavy (non-hydrogen) atoms. The molecule has 0 N–H and O–H groups in total. The average Bonchev–Trinajstić information content (AvgIpc) is 3.19. The number of nitrogens with zero attached hydrogens (tertiary/aromatic N) is 5. The van der Waals surface area contributed by atoms with E-state index in [2.05, 4.69) is 21.7 Å². The SMILES string of the molecule is CC[C@@H]1COCCN1C[C@H]1CN(C(=O)OC(C)(C)C)[C@H](C)CN1CC(=O)N1CC(C)(C)c2ncc(C(F)(F)CC)cc21. The molecule has 11 heteroatoms. The van der Waals surface area contributed by atoms with Gasteiger partial charge in [0.15, 0.2) is 0 Å². The number of carbonyl (C=O) groups is 2. The Bertz CT molecular complexity index is 1140. The zero-order chi connectivity index (χ0) is 31.0. The smallest absolute Gasteiger partial charge is 0.410 e. The van der Waals surface area contributed by atoms with Crippen LogP contribution in [0.3, 0.4) is 0 Å². The van der Waals surface area contributed by atoms with E-state index in [1.165, 1.54) is 19.2 Å². The first-order valence-electron chi connectivity index (χ1n) is 15.3. The molecule has 9 nitrogen and oxygen atoms in total. The molecule has 0 aliphatic carbocycles. The van der Waals surface area contributed by atoms with Gasteiger partial charge in [0.05, 0.1) is 31.1 Å². The minimum Gasteiger partial charge on any atom is -0.444 e. The number of aromatic nitrogens is 1. The normalized spacial score (nSPS) is 25.4. The number of pyridine rings is 1. The number of fused-ring (bicyclic) bond motifs is 1. The molecular formula is C31H49F2N5O4. The molecule has 0 aromatic carbocycles. The summed E-state index contributed by atoms with van der Waals surface area (Å²) in [6.45, 7) is 19.2. The summed E-state index contributed by atoms with van der Waals surface area (Å²) >= 11 is 0. The van der Waals surface area contributed by atoms with Crippen LogP contribution in [0.25, 0.3) is 0 Å². The van der Waals surface area contributed by atoms with E-state index in [0.29, 0.717) is 50.8 Å². The van der Waals surface area contributed by atoms with Crippen LogP contribution in [0.15, 0.2) is 12.3 Å². The Morgan fingerprint density at radius 1 is 1.14 bits per heavy atom. The Kier molecular flexibility index (Phi) is 9.55. The van der Waals surface area contributed by atoms with E-state index in [-0.39, 0.29) is 48.7 Å². The molecule has 0 bridgehead atoms. The van der Waals surface area contributed by atoms with Gasteiger partial charge in [-0.15, -0.1) is 0 Å². The predicted molar refractivity (Wildman–Crippen MR) is 158 cm³/mol. The minimum absolute atomic E-state index is 0.113. The topological polar surface area (TPSA) is 78.5 Å². The van der Waals surface area contributed by atoms with Crippen LogP contribution in [0.5, 0.6) is 0 Å². The molecule has 0 spiro atoms. The largest absolute Gasteiger partial charge is 0.444 e. The lowest BCUT2D eigenvalue weighted by molar-refractivity contribution is -0.122. The summed E-state index contributed by atoms with van der Waals surface area (Å²) in [5.74, 6) is -3.17. The lowest BCUT2D eigenvalue weighted by atomic mass is 9.91. The first-order valence-corrected chi connectivity index (χ1v) is 15.3. The minimum atomic E-state index is -3.02. The van der Waals surface area contributed by atoms with Gasteiger partial charge < -0.3 is 19.3 Å². The first-order chi connectivity index (χ1) is 19.6. The number of piperazine rings is 1. The number of anilines is 1. The fraction of sp³-hybridized carbons (Fsp3) is 0.774. The Labute approximate surface area is 249 Å². The number of carbonyl (C=O) groups excluding carboxylic acids is 2. The van der Waals surface area contributed by atoms with Crippen LogP contribution in [0.1, 0.15) is 79.5 Å². The highest BCUT2D eigenvalue weighted by molar-refractivity contribution is 5.97. The van der Waals surface area contributed by atoms with Crippen molar-refractivity contribution in [2.45, 2.75) is 103 Å². The van der Waals surface area contributed by atoms with Gasteiger partial charge in [-0.05, 0) is 40.2 Å². The molecule has 1 aromatic heterocycles. The van der Waals surface area contributed by atoms with Crippen LogP contribution >= 0.6 is 0 Å². The summed E-state index contributed by atoms with van der Waals surface area (Å²) in [5.41, 5.74) is -0.129. The summed E-state index contributed by atoms with van der Waals surface area (Å²) in [6.07, 6.45) is 1.49. The van der Waals surface area contributed by atoms with Crippen molar-refractivity contribution in [2.24, 2.45) is 0 Å². The van der Waals surface area contributed by atoms with Gasteiger partial charge in [-0.3, -0.25) is 19.6 Å². The van der Waals surface area contributed by atoms with E-state index in [1.807, 2.05) is 41.5 Å². The third-order valence-corrected chi connectivity index (χ3v) is 8.71. The quantitative estimate of drug-likeness (QED) is 0.456. The van der Waals surface area contributed by atoms with Crippen molar-refractivity contribution in [3.63, 3.8) is 0 Å².